The van der Waals surface area contributed by atoms with Crippen LogP contribution in [0.3, 0.4) is 0 Å². The van der Waals surface area contributed by atoms with Crippen LogP contribution in [0, 0.1) is 0 Å². The number of nitrogen functional groups attached to an aromatic ring is 1. The molecule has 4 heteroatoms. The number of benzene rings is 1. The lowest BCUT2D eigenvalue weighted by molar-refractivity contribution is 1.14. The van der Waals surface area contributed by atoms with Gasteiger partial charge in [0, 0.05) is 16.7 Å². The summed E-state index contributed by atoms with van der Waals surface area (Å²) in [7, 11) is 0. The molecule has 1 aromatic carbocycles. The van der Waals surface area contributed by atoms with E-state index < -0.39 is 0 Å². The number of thioether (sulfide) groups is 1. The van der Waals surface area contributed by atoms with E-state index in [0.29, 0.717) is 0 Å². The standard InChI is InChI=1S/C9H9N3S/c10-8-3-1-7(2-4-8)9-5-13-6-11-12-9/h1-5H,6,10H2. The van der Waals surface area contributed by atoms with Crippen LogP contribution in [0.4, 0.5) is 5.69 Å². The summed E-state index contributed by atoms with van der Waals surface area (Å²) in [5.74, 6) is 0.721. The van der Waals surface area contributed by atoms with Gasteiger partial charge in [0.05, 0.1) is 5.70 Å². The van der Waals surface area contributed by atoms with E-state index in [9.17, 15) is 0 Å². The zero-order valence-corrected chi connectivity index (χ0v) is 7.79. The third-order valence-corrected chi connectivity index (χ3v) is 2.37. The van der Waals surface area contributed by atoms with Crippen molar-refractivity contribution in [3.05, 3.63) is 35.2 Å². The molecule has 0 saturated carbocycles. The molecule has 2 rings (SSSR count). The summed E-state index contributed by atoms with van der Waals surface area (Å²) in [5, 5.41) is 10.0. The molecule has 1 aliphatic rings. The minimum absolute atomic E-state index is 0.721. The van der Waals surface area contributed by atoms with Gasteiger partial charge in [-0.05, 0) is 12.1 Å². The maximum absolute atomic E-state index is 5.58. The van der Waals surface area contributed by atoms with Crippen molar-refractivity contribution in [2.24, 2.45) is 10.2 Å². The number of rotatable bonds is 1. The molecule has 0 saturated heterocycles. The molecule has 13 heavy (non-hydrogen) atoms. The monoisotopic (exact) mass is 191 g/mol. The first-order valence-corrected chi connectivity index (χ1v) is 4.96. The van der Waals surface area contributed by atoms with E-state index in [2.05, 4.69) is 10.2 Å². The Morgan fingerprint density at radius 1 is 1.23 bits per heavy atom. The molecule has 0 spiro atoms. The smallest absolute Gasteiger partial charge is 0.110 e. The molecule has 0 atom stereocenters. The van der Waals surface area contributed by atoms with Gasteiger partial charge in [-0.3, -0.25) is 0 Å². The average Bonchev–Trinajstić information content (AvgIpc) is 2.20. The molecule has 0 aromatic heterocycles. The fourth-order valence-corrected chi connectivity index (χ4v) is 1.60. The Labute approximate surface area is 80.7 Å². The summed E-state index contributed by atoms with van der Waals surface area (Å²) < 4.78 is 0. The van der Waals surface area contributed by atoms with E-state index in [4.69, 9.17) is 5.73 Å². The Morgan fingerprint density at radius 2 is 2.00 bits per heavy atom. The minimum Gasteiger partial charge on any atom is -0.399 e. The van der Waals surface area contributed by atoms with Gasteiger partial charge >= 0.3 is 0 Å². The fourth-order valence-electron chi connectivity index (χ4n) is 1.06. The molecule has 2 N–H and O–H groups in total. The molecule has 1 aliphatic heterocycles. The average molecular weight is 191 g/mol. The zero-order valence-electron chi connectivity index (χ0n) is 6.97. The zero-order chi connectivity index (χ0) is 9.10. The van der Waals surface area contributed by atoms with Gasteiger partial charge in [-0.25, -0.2) is 0 Å². The first-order valence-electron chi connectivity index (χ1n) is 3.91. The van der Waals surface area contributed by atoms with Crippen LogP contribution in [0.15, 0.2) is 39.9 Å². The van der Waals surface area contributed by atoms with Crippen LogP contribution in [0.2, 0.25) is 0 Å². The molecule has 0 unspecified atom stereocenters. The van der Waals surface area contributed by atoms with Gasteiger partial charge in [0.15, 0.2) is 0 Å². The van der Waals surface area contributed by atoms with Crippen LogP contribution in [0.1, 0.15) is 5.56 Å². The van der Waals surface area contributed by atoms with Crippen LogP contribution < -0.4 is 5.73 Å². The third-order valence-electron chi connectivity index (χ3n) is 1.71. The van der Waals surface area contributed by atoms with E-state index in [0.717, 1.165) is 22.8 Å². The second kappa shape index (κ2) is 3.62. The molecule has 0 bridgehead atoms. The Balaban J connectivity index is 2.30. The van der Waals surface area contributed by atoms with Crippen LogP contribution in [0.5, 0.6) is 0 Å². The lowest BCUT2D eigenvalue weighted by atomic mass is 10.2. The summed E-state index contributed by atoms with van der Waals surface area (Å²) in [5.41, 5.74) is 8.32. The number of hydrogen-bond donors (Lipinski definition) is 1. The highest BCUT2D eigenvalue weighted by atomic mass is 32.2. The topological polar surface area (TPSA) is 50.7 Å². The van der Waals surface area contributed by atoms with Gasteiger partial charge in [0.2, 0.25) is 0 Å². The van der Waals surface area contributed by atoms with E-state index in [1.807, 2.05) is 29.7 Å². The van der Waals surface area contributed by atoms with Gasteiger partial charge in [-0.15, -0.1) is 11.8 Å². The van der Waals surface area contributed by atoms with Crippen molar-refractivity contribution in [3.8, 4) is 0 Å². The van der Waals surface area contributed by atoms with Crippen molar-refractivity contribution < 1.29 is 0 Å². The van der Waals surface area contributed by atoms with Crippen molar-refractivity contribution >= 4 is 23.1 Å². The number of anilines is 1. The summed E-state index contributed by atoms with van der Waals surface area (Å²) in [6.45, 7) is 0. The largest absolute Gasteiger partial charge is 0.399 e. The maximum atomic E-state index is 5.58. The minimum atomic E-state index is 0.721. The van der Waals surface area contributed by atoms with Crippen LogP contribution in [-0.2, 0) is 0 Å². The van der Waals surface area contributed by atoms with Crippen molar-refractivity contribution in [3.63, 3.8) is 0 Å². The molecule has 1 heterocycles. The summed E-state index contributed by atoms with van der Waals surface area (Å²) in [4.78, 5) is 0. The van der Waals surface area contributed by atoms with Crippen LogP contribution in [-0.4, -0.2) is 5.88 Å². The van der Waals surface area contributed by atoms with E-state index in [1.54, 1.807) is 11.8 Å². The number of azo groups is 1. The van der Waals surface area contributed by atoms with Gasteiger partial charge in [0.1, 0.15) is 5.88 Å². The Hall–Kier alpha value is -1.29. The molecule has 0 fully saturated rings. The van der Waals surface area contributed by atoms with Crippen molar-refractivity contribution in [2.75, 3.05) is 11.6 Å². The van der Waals surface area contributed by atoms with Crippen LogP contribution >= 0.6 is 11.8 Å². The Bertz CT molecular complexity index is 354. The molecule has 1 aromatic rings. The van der Waals surface area contributed by atoms with E-state index >= 15 is 0 Å². The normalized spacial score (nSPS) is 15.5. The number of nitrogens with two attached hydrogens (primary N) is 1. The first-order chi connectivity index (χ1) is 6.36. The molecule has 66 valence electrons. The predicted octanol–water partition coefficient (Wildman–Crippen LogP) is 2.72. The quantitative estimate of drug-likeness (QED) is 0.694. The molecule has 0 amide bonds. The van der Waals surface area contributed by atoms with E-state index in [1.165, 1.54) is 0 Å². The van der Waals surface area contributed by atoms with Crippen molar-refractivity contribution in [1.82, 2.24) is 0 Å². The third kappa shape index (κ3) is 1.89. The van der Waals surface area contributed by atoms with Crippen molar-refractivity contribution in [1.29, 1.82) is 0 Å². The molecule has 0 radical (unpaired) electrons. The molecule has 3 nitrogen and oxygen atoms in total. The van der Waals surface area contributed by atoms with Crippen LogP contribution in [0.25, 0.3) is 5.70 Å². The van der Waals surface area contributed by atoms with Gasteiger partial charge < -0.3 is 5.73 Å². The van der Waals surface area contributed by atoms with Crippen molar-refractivity contribution in [2.45, 2.75) is 0 Å². The highest BCUT2D eigenvalue weighted by Gasteiger charge is 2.02. The fraction of sp³-hybridized carbons (Fsp3) is 0.111. The Morgan fingerprint density at radius 3 is 2.62 bits per heavy atom. The maximum Gasteiger partial charge on any atom is 0.110 e. The number of hydrogen-bond acceptors (Lipinski definition) is 4. The summed E-state index contributed by atoms with van der Waals surface area (Å²) in [6, 6.07) is 7.63. The number of nitrogens with zero attached hydrogens (tertiary/aromatic N) is 2. The highest BCUT2D eigenvalue weighted by molar-refractivity contribution is 8.02. The molecule has 0 aliphatic carbocycles. The lowest BCUT2D eigenvalue weighted by Gasteiger charge is -2.04. The molecular formula is C9H9N3S. The lowest BCUT2D eigenvalue weighted by Crippen LogP contribution is -1.87. The first kappa shape index (κ1) is 8.31. The van der Waals surface area contributed by atoms with Gasteiger partial charge in [-0.1, -0.05) is 12.1 Å². The molecular weight excluding hydrogens is 182 g/mol. The summed E-state index contributed by atoms with van der Waals surface area (Å²) >= 11 is 1.65. The SMILES string of the molecule is Nc1ccc(C2=CSCN=N2)cc1. The van der Waals surface area contributed by atoms with E-state index in [-0.39, 0.29) is 0 Å². The highest BCUT2D eigenvalue weighted by Crippen LogP contribution is 2.24. The second-order valence-electron chi connectivity index (χ2n) is 2.66. The van der Waals surface area contributed by atoms with Gasteiger partial charge in [0.25, 0.3) is 0 Å². The summed E-state index contributed by atoms with van der Waals surface area (Å²) in [6.07, 6.45) is 0. The van der Waals surface area contributed by atoms with Gasteiger partial charge in [-0.2, -0.15) is 10.2 Å². The second-order valence-corrected chi connectivity index (χ2v) is 3.49. The predicted molar refractivity (Wildman–Crippen MR) is 56.1 cm³/mol. The Kier molecular flexibility index (Phi) is 2.31.